The Labute approximate surface area is 89.6 Å². The third-order valence-corrected chi connectivity index (χ3v) is 3.31. The summed E-state index contributed by atoms with van der Waals surface area (Å²) in [7, 11) is 0. The molecule has 2 heterocycles. The van der Waals surface area contributed by atoms with Crippen molar-refractivity contribution in [2.24, 2.45) is 0 Å². The van der Waals surface area contributed by atoms with Gasteiger partial charge in [0.1, 0.15) is 5.76 Å². The van der Waals surface area contributed by atoms with E-state index in [0.717, 1.165) is 18.8 Å². The largest absolute Gasteiger partial charge is 0.464 e. The van der Waals surface area contributed by atoms with Crippen molar-refractivity contribution in [1.82, 2.24) is 5.32 Å². The van der Waals surface area contributed by atoms with E-state index in [4.69, 9.17) is 4.42 Å². The quantitative estimate of drug-likeness (QED) is 0.767. The summed E-state index contributed by atoms with van der Waals surface area (Å²) in [5.74, 6) is 1.73. The lowest BCUT2D eigenvalue weighted by molar-refractivity contribution is 0.461. The predicted octanol–water partition coefficient (Wildman–Crippen LogP) is 2.85. The highest BCUT2D eigenvalue weighted by molar-refractivity contribution is 5.66. The monoisotopic (exact) mass is 201 g/mol. The van der Waals surface area contributed by atoms with Crippen LogP contribution in [0.5, 0.6) is 0 Å². The molecule has 0 aromatic heterocycles. The van der Waals surface area contributed by atoms with E-state index < -0.39 is 0 Å². The lowest BCUT2D eigenvalue weighted by Crippen LogP contribution is -2.26. The first-order valence-electron chi connectivity index (χ1n) is 5.62. The number of piperidine rings is 1. The van der Waals surface area contributed by atoms with Crippen LogP contribution in [0.1, 0.15) is 24.3 Å². The van der Waals surface area contributed by atoms with Gasteiger partial charge in [-0.2, -0.15) is 0 Å². The van der Waals surface area contributed by atoms with Crippen molar-refractivity contribution in [3.63, 3.8) is 0 Å². The summed E-state index contributed by atoms with van der Waals surface area (Å²) >= 11 is 0. The first-order chi connectivity index (χ1) is 7.45. The summed E-state index contributed by atoms with van der Waals surface area (Å²) < 4.78 is 5.47. The molecule has 2 nitrogen and oxygen atoms in total. The highest BCUT2D eigenvalue weighted by Gasteiger charge is 2.21. The second-order valence-corrected chi connectivity index (χ2v) is 4.20. The van der Waals surface area contributed by atoms with Crippen molar-refractivity contribution >= 4 is 0 Å². The van der Waals surface area contributed by atoms with Gasteiger partial charge >= 0.3 is 0 Å². The molecule has 0 saturated carbocycles. The maximum Gasteiger partial charge on any atom is 0.134 e. The smallest absolute Gasteiger partial charge is 0.134 e. The fourth-order valence-electron chi connectivity index (χ4n) is 2.51. The van der Waals surface area contributed by atoms with Crippen LogP contribution in [0.2, 0.25) is 0 Å². The molecule has 3 rings (SSSR count). The molecule has 1 aliphatic carbocycles. The van der Waals surface area contributed by atoms with Crippen LogP contribution in [0.4, 0.5) is 0 Å². The molecule has 15 heavy (non-hydrogen) atoms. The maximum absolute atomic E-state index is 5.47. The van der Waals surface area contributed by atoms with Crippen LogP contribution in [-0.4, -0.2) is 13.1 Å². The van der Waals surface area contributed by atoms with Gasteiger partial charge in [0, 0.05) is 5.56 Å². The highest BCUT2D eigenvalue weighted by atomic mass is 16.3. The van der Waals surface area contributed by atoms with Crippen LogP contribution in [-0.2, 0) is 0 Å². The van der Waals surface area contributed by atoms with Crippen molar-refractivity contribution in [2.75, 3.05) is 13.1 Å². The molecule has 0 bridgehead atoms. The predicted molar refractivity (Wildman–Crippen MR) is 60.2 cm³/mol. The molecule has 0 aromatic carbocycles. The summed E-state index contributed by atoms with van der Waals surface area (Å²) in [4.78, 5) is 0. The molecule has 3 aliphatic rings. The Morgan fingerprint density at radius 3 is 2.87 bits per heavy atom. The molecule has 0 amide bonds. The van der Waals surface area contributed by atoms with E-state index in [2.05, 4.69) is 23.5 Å². The molecule has 0 atom stereocenters. The number of rotatable bonds is 1. The molecule has 0 aromatic rings. The van der Waals surface area contributed by atoms with Crippen LogP contribution in [0.15, 0.2) is 34.9 Å². The van der Waals surface area contributed by atoms with Crippen molar-refractivity contribution in [3.8, 4) is 11.3 Å². The van der Waals surface area contributed by atoms with Crippen LogP contribution in [0.3, 0.4) is 0 Å². The number of nitrogens with one attached hydrogen (secondary N) is 1. The number of hydrogen-bond acceptors (Lipinski definition) is 2. The van der Waals surface area contributed by atoms with Gasteiger partial charge in [0.2, 0.25) is 0 Å². The first kappa shape index (κ1) is 8.98. The van der Waals surface area contributed by atoms with Crippen molar-refractivity contribution in [3.05, 3.63) is 36.1 Å². The van der Waals surface area contributed by atoms with E-state index in [1.54, 1.807) is 6.26 Å². The summed E-state index contributed by atoms with van der Waals surface area (Å²) in [6.45, 7) is 2.28. The normalized spacial score (nSPS) is 18.4. The van der Waals surface area contributed by atoms with Gasteiger partial charge in [-0.25, -0.2) is 0 Å². The minimum atomic E-state index is 0.710. The second-order valence-electron chi connectivity index (χ2n) is 4.20. The Morgan fingerprint density at radius 2 is 2.00 bits per heavy atom. The van der Waals surface area contributed by atoms with E-state index in [0.29, 0.717) is 5.92 Å². The Kier molecular flexibility index (Phi) is 2.22. The highest BCUT2D eigenvalue weighted by Crippen LogP contribution is 2.36. The lowest BCUT2D eigenvalue weighted by atomic mass is 9.89. The SMILES string of the molecule is c1coc2ccc(C3CCNCC3)c-2c1. The average Bonchev–Trinajstić information content (AvgIpc) is 2.74. The summed E-state index contributed by atoms with van der Waals surface area (Å²) in [5.41, 5.74) is 2.76. The molecule has 0 unspecified atom stereocenters. The Morgan fingerprint density at radius 1 is 1.13 bits per heavy atom. The van der Waals surface area contributed by atoms with Gasteiger partial charge < -0.3 is 9.73 Å². The Balaban J connectivity index is 1.97. The van der Waals surface area contributed by atoms with Gasteiger partial charge in [0.05, 0.1) is 6.26 Å². The van der Waals surface area contributed by atoms with Gasteiger partial charge in [0.15, 0.2) is 0 Å². The van der Waals surface area contributed by atoms with E-state index in [1.165, 1.54) is 24.0 Å². The van der Waals surface area contributed by atoms with Gasteiger partial charge in [-0.3, -0.25) is 0 Å². The van der Waals surface area contributed by atoms with E-state index in [9.17, 15) is 0 Å². The van der Waals surface area contributed by atoms with Crippen LogP contribution >= 0.6 is 0 Å². The average molecular weight is 201 g/mol. The van der Waals surface area contributed by atoms with Gasteiger partial charge in [-0.15, -0.1) is 0 Å². The molecule has 1 N–H and O–H groups in total. The first-order valence-corrected chi connectivity index (χ1v) is 5.62. The Bertz CT molecular complexity index is 415. The molecular formula is C13H15NO. The third kappa shape index (κ3) is 1.55. The summed E-state index contributed by atoms with van der Waals surface area (Å²) in [6, 6.07) is 8.46. The van der Waals surface area contributed by atoms with Crippen LogP contribution in [0, 0.1) is 0 Å². The van der Waals surface area contributed by atoms with Crippen molar-refractivity contribution < 1.29 is 4.42 Å². The summed E-state index contributed by atoms with van der Waals surface area (Å²) in [5, 5.41) is 3.40. The Hall–Kier alpha value is -1.28. The van der Waals surface area contributed by atoms with Crippen molar-refractivity contribution in [2.45, 2.75) is 18.8 Å². The van der Waals surface area contributed by atoms with Gasteiger partial charge in [0.25, 0.3) is 0 Å². The maximum atomic E-state index is 5.47. The van der Waals surface area contributed by atoms with Crippen molar-refractivity contribution in [1.29, 1.82) is 0 Å². The van der Waals surface area contributed by atoms with Gasteiger partial charge in [-0.1, -0.05) is 6.07 Å². The van der Waals surface area contributed by atoms with E-state index in [-0.39, 0.29) is 0 Å². The molecule has 1 saturated heterocycles. The molecule has 2 heteroatoms. The third-order valence-electron chi connectivity index (χ3n) is 3.31. The number of hydrogen-bond donors (Lipinski definition) is 1. The minimum absolute atomic E-state index is 0.710. The number of fused-ring (bicyclic) bond motifs is 1. The molecular weight excluding hydrogens is 186 g/mol. The fourth-order valence-corrected chi connectivity index (χ4v) is 2.51. The fraction of sp³-hybridized carbons (Fsp3) is 0.385. The molecule has 78 valence electrons. The zero-order valence-electron chi connectivity index (χ0n) is 8.70. The topological polar surface area (TPSA) is 25.2 Å². The van der Waals surface area contributed by atoms with E-state index >= 15 is 0 Å². The van der Waals surface area contributed by atoms with Crippen LogP contribution in [0.25, 0.3) is 11.3 Å². The standard InChI is InChI=1S/C13H15NO/c1-2-12-11(3-4-13(12)15-9-1)10-5-7-14-8-6-10/h1-4,9-10,14H,5-8H2. The molecule has 0 radical (unpaired) electrons. The van der Waals surface area contributed by atoms with Crippen LogP contribution < -0.4 is 5.32 Å². The molecule has 1 fully saturated rings. The zero-order chi connectivity index (χ0) is 10.1. The van der Waals surface area contributed by atoms with Gasteiger partial charge in [-0.05, 0) is 55.6 Å². The second kappa shape index (κ2) is 3.70. The minimum Gasteiger partial charge on any atom is -0.464 e. The van der Waals surface area contributed by atoms with E-state index in [1.807, 2.05) is 6.07 Å². The summed E-state index contributed by atoms with van der Waals surface area (Å²) in [6.07, 6.45) is 4.23. The lowest BCUT2D eigenvalue weighted by Gasteiger charge is -2.23. The molecule has 2 aliphatic heterocycles. The molecule has 0 spiro atoms. The zero-order valence-corrected chi connectivity index (χ0v) is 8.70.